The van der Waals surface area contributed by atoms with Crippen LogP contribution in [0.15, 0.2) is 60.7 Å². The number of rotatable bonds is 7. The van der Waals surface area contributed by atoms with Crippen molar-refractivity contribution in [3.63, 3.8) is 0 Å². The van der Waals surface area contributed by atoms with E-state index < -0.39 is 0 Å². The zero-order valence-corrected chi connectivity index (χ0v) is 19.7. The first-order chi connectivity index (χ1) is 14.5. The molecule has 30 heavy (non-hydrogen) atoms. The molecule has 0 radical (unpaired) electrons. The van der Waals surface area contributed by atoms with Crippen LogP contribution in [0, 0.1) is 21.8 Å². The number of ether oxygens (including phenoxy) is 2. The fourth-order valence-electron chi connectivity index (χ4n) is 2.89. The van der Waals surface area contributed by atoms with Crippen molar-refractivity contribution in [3.05, 3.63) is 91.5 Å². The number of aryl methyl sites for hydroxylation is 1. The third-order valence-electron chi connectivity index (χ3n) is 4.42. The van der Waals surface area contributed by atoms with E-state index in [0.717, 1.165) is 25.8 Å². The predicted molar refractivity (Wildman–Crippen MR) is 131 cm³/mol. The van der Waals surface area contributed by atoms with Gasteiger partial charge >= 0.3 is 0 Å². The molecule has 3 nitrogen and oxygen atoms in total. The van der Waals surface area contributed by atoms with Crippen molar-refractivity contribution in [2.24, 2.45) is 0 Å². The van der Waals surface area contributed by atoms with Gasteiger partial charge in [-0.2, -0.15) is 5.26 Å². The molecule has 0 fully saturated rings. The van der Waals surface area contributed by atoms with Gasteiger partial charge in [-0.1, -0.05) is 53.6 Å². The first kappa shape index (κ1) is 22.2. The molecule has 3 rings (SSSR count). The van der Waals surface area contributed by atoms with E-state index in [1.165, 1.54) is 0 Å². The molecule has 0 spiro atoms. The van der Waals surface area contributed by atoms with Crippen molar-refractivity contribution in [3.8, 4) is 17.6 Å². The van der Waals surface area contributed by atoms with E-state index in [9.17, 15) is 5.26 Å². The van der Waals surface area contributed by atoms with Gasteiger partial charge in [-0.05, 0) is 83.5 Å². The first-order valence-corrected chi connectivity index (χ1v) is 11.0. The minimum absolute atomic E-state index is 0.412. The van der Waals surface area contributed by atoms with Crippen molar-refractivity contribution in [1.29, 1.82) is 5.26 Å². The van der Waals surface area contributed by atoms with Crippen LogP contribution in [-0.4, -0.2) is 6.61 Å². The van der Waals surface area contributed by atoms with Crippen LogP contribution in [0.4, 0.5) is 0 Å². The molecule has 0 saturated heterocycles. The van der Waals surface area contributed by atoms with Gasteiger partial charge in [0.05, 0.1) is 21.8 Å². The second-order valence-corrected chi connectivity index (χ2v) is 8.31. The van der Waals surface area contributed by atoms with E-state index >= 15 is 0 Å². The Hall–Kier alpha value is -2.49. The standard InChI is InChI=1S/C25H21ClINO2/c1-3-29-24-14-19(12-21(15-28)20-8-4-17(2)5-9-20)13-23(27)25(24)30-16-18-6-10-22(26)11-7-18/h4-14H,3,16H2,1-2H3/b21-12-. The second kappa shape index (κ2) is 10.5. The Morgan fingerprint density at radius 1 is 1.07 bits per heavy atom. The van der Waals surface area contributed by atoms with Gasteiger partial charge in [0.25, 0.3) is 0 Å². The minimum atomic E-state index is 0.412. The Bertz CT molecular complexity index is 1080. The van der Waals surface area contributed by atoms with Crippen molar-refractivity contribution in [2.75, 3.05) is 6.61 Å². The van der Waals surface area contributed by atoms with E-state index in [1.54, 1.807) is 0 Å². The normalized spacial score (nSPS) is 11.1. The highest BCUT2D eigenvalue weighted by molar-refractivity contribution is 14.1. The summed E-state index contributed by atoms with van der Waals surface area (Å²) in [5.41, 5.74) is 4.56. The summed E-state index contributed by atoms with van der Waals surface area (Å²) in [5, 5.41) is 10.3. The minimum Gasteiger partial charge on any atom is -0.490 e. The summed E-state index contributed by atoms with van der Waals surface area (Å²) < 4.78 is 12.8. The summed E-state index contributed by atoms with van der Waals surface area (Å²) >= 11 is 8.19. The zero-order valence-electron chi connectivity index (χ0n) is 16.8. The van der Waals surface area contributed by atoms with Gasteiger partial charge in [0, 0.05) is 5.02 Å². The molecule has 152 valence electrons. The number of allylic oxidation sites excluding steroid dienone is 1. The SMILES string of the molecule is CCOc1cc(/C=C(/C#N)c2ccc(C)cc2)cc(I)c1OCc1ccc(Cl)cc1. The summed E-state index contributed by atoms with van der Waals surface area (Å²) in [7, 11) is 0. The molecule has 5 heteroatoms. The fourth-order valence-corrected chi connectivity index (χ4v) is 3.80. The quantitative estimate of drug-likeness (QED) is 0.183. The lowest BCUT2D eigenvalue weighted by atomic mass is 10.0. The molecule has 0 aliphatic heterocycles. The highest BCUT2D eigenvalue weighted by atomic mass is 127. The van der Waals surface area contributed by atoms with E-state index in [4.69, 9.17) is 21.1 Å². The lowest BCUT2D eigenvalue weighted by molar-refractivity contribution is 0.267. The number of hydrogen-bond donors (Lipinski definition) is 0. The lowest BCUT2D eigenvalue weighted by Gasteiger charge is -2.15. The van der Waals surface area contributed by atoms with Crippen LogP contribution in [0.1, 0.15) is 29.2 Å². The van der Waals surface area contributed by atoms with Crippen LogP contribution in [0.2, 0.25) is 5.02 Å². The van der Waals surface area contributed by atoms with Gasteiger partial charge in [0.2, 0.25) is 0 Å². The van der Waals surface area contributed by atoms with Crippen LogP contribution in [0.5, 0.6) is 11.5 Å². The first-order valence-electron chi connectivity index (χ1n) is 9.52. The molecule has 0 atom stereocenters. The van der Waals surface area contributed by atoms with Crippen LogP contribution >= 0.6 is 34.2 Å². The van der Waals surface area contributed by atoms with E-state index in [0.29, 0.717) is 35.3 Å². The summed E-state index contributed by atoms with van der Waals surface area (Å²) in [4.78, 5) is 0. The molecule has 3 aromatic carbocycles. The molecular weight excluding hydrogens is 509 g/mol. The van der Waals surface area contributed by atoms with E-state index in [-0.39, 0.29) is 0 Å². The maximum Gasteiger partial charge on any atom is 0.175 e. The predicted octanol–water partition coefficient (Wildman–Crippen LogP) is 7.29. The van der Waals surface area contributed by atoms with Crippen molar-refractivity contribution in [2.45, 2.75) is 20.5 Å². The van der Waals surface area contributed by atoms with Crippen LogP contribution in [0.25, 0.3) is 11.6 Å². The summed E-state index contributed by atoms with van der Waals surface area (Å²) in [6.45, 7) is 4.89. The molecule has 0 saturated carbocycles. The van der Waals surface area contributed by atoms with Gasteiger partial charge in [0.1, 0.15) is 6.61 Å². The van der Waals surface area contributed by atoms with Gasteiger partial charge in [-0.3, -0.25) is 0 Å². The lowest BCUT2D eigenvalue weighted by Crippen LogP contribution is -2.02. The smallest absolute Gasteiger partial charge is 0.175 e. The highest BCUT2D eigenvalue weighted by Crippen LogP contribution is 2.36. The van der Waals surface area contributed by atoms with Crippen molar-refractivity contribution < 1.29 is 9.47 Å². The molecule has 0 aliphatic carbocycles. The van der Waals surface area contributed by atoms with E-state index in [1.807, 2.05) is 80.6 Å². The van der Waals surface area contributed by atoms with Crippen molar-refractivity contribution in [1.82, 2.24) is 0 Å². The molecule has 0 aromatic heterocycles. The van der Waals surface area contributed by atoms with Gasteiger partial charge in [-0.15, -0.1) is 0 Å². The average molecular weight is 530 g/mol. The number of nitrogens with zero attached hydrogens (tertiary/aromatic N) is 1. The second-order valence-electron chi connectivity index (χ2n) is 6.71. The Labute approximate surface area is 196 Å². The maximum atomic E-state index is 9.65. The molecule has 0 unspecified atom stereocenters. The Kier molecular flexibility index (Phi) is 7.78. The Morgan fingerprint density at radius 3 is 2.40 bits per heavy atom. The topological polar surface area (TPSA) is 42.2 Å². The fraction of sp³-hybridized carbons (Fsp3) is 0.160. The molecule has 0 heterocycles. The number of benzene rings is 3. The summed E-state index contributed by atoms with van der Waals surface area (Å²) in [5.74, 6) is 1.35. The summed E-state index contributed by atoms with van der Waals surface area (Å²) in [6, 6.07) is 21.7. The largest absolute Gasteiger partial charge is 0.490 e. The molecular formula is C25H21ClINO2. The monoisotopic (exact) mass is 529 g/mol. The highest BCUT2D eigenvalue weighted by Gasteiger charge is 2.13. The van der Waals surface area contributed by atoms with Crippen LogP contribution < -0.4 is 9.47 Å². The van der Waals surface area contributed by atoms with Crippen LogP contribution in [0.3, 0.4) is 0 Å². The average Bonchev–Trinajstić information content (AvgIpc) is 2.73. The molecule has 0 bridgehead atoms. The molecule has 0 amide bonds. The number of nitriles is 1. The maximum absolute atomic E-state index is 9.65. The third kappa shape index (κ3) is 5.78. The molecule has 3 aromatic rings. The zero-order chi connectivity index (χ0) is 21.5. The number of halogens is 2. The van der Waals surface area contributed by atoms with Crippen molar-refractivity contribution >= 4 is 45.8 Å². The van der Waals surface area contributed by atoms with Crippen LogP contribution in [-0.2, 0) is 6.61 Å². The third-order valence-corrected chi connectivity index (χ3v) is 5.48. The van der Waals surface area contributed by atoms with Gasteiger partial charge in [-0.25, -0.2) is 0 Å². The molecule has 0 aliphatic rings. The van der Waals surface area contributed by atoms with Gasteiger partial charge < -0.3 is 9.47 Å². The summed E-state index contributed by atoms with van der Waals surface area (Å²) in [6.07, 6.45) is 1.87. The number of hydrogen-bond acceptors (Lipinski definition) is 3. The molecule has 0 N–H and O–H groups in total. The van der Waals surface area contributed by atoms with Gasteiger partial charge in [0.15, 0.2) is 11.5 Å². The Balaban J connectivity index is 1.90. The van der Waals surface area contributed by atoms with E-state index in [2.05, 4.69) is 28.7 Å². The Morgan fingerprint density at radius 2 is 1.77 bits per heavy atom.